The van der Waals surface area contributed by atoms with Crippen molar-refractivity contribution in [2.45, 2.75) is 19.3 Å². The van der Waals surface area contributed by atoms with Gasteiger partial charge in [0.05, 0.1) is 0 Å². The van der Waals surface area contributed by atoms with Gasteiger partial charge in [-0.1, -0.05) is 0 Å². The second kappa shape index (κ2) is 8.97. The highest BCUT2D eigenvalue weighted by Crippen LogP contribution is 2.07. The summed E-state index contributed by atoms with van der Waals surface area (Å²) in [6.45, 7) is 7.10. The molecule has 0 spiro atoms. The normalized spacial score (nSPS) is 21.6. The van der Waals surface area contributed by atoms with Gasteiger partial charge in [-0.3, -0.25) is 4.79 Å². The van der Waals surface area contributed by atoms with Crippen LogP contribution in [0.15, 0.2) is 0 Å². The van der Waals surface area contributed by atoms with Crippen molar-refractivity contribution in [3.05, 3.63) is 0 Å². The zero-order valence-corrected chi connectivity index (χ0v) is 11.8. The lowest BCUT2D eigenvalue weighted by molar-refractivity contribution is -0.130. The molecular formula is C11H23Cl2N3O. The van der Waals surface area contributed by atoms with E-state index in [1.54, 1.807) is 0 Å². The van der Waals surface area contributed by atoms with Crippen LogP contribution in [0.2, 0.25) is 0 Å². The Morgan fingerprint density at radius 3 is 2.41 bits per heavy atom. The fourth-order valence-corrected chi connectivity index (χ4v) is 2.32. The van der Waals surface area contributed by atoms with Crippen LogP contribution in [0.3, 0.4) is 0 Å². The van der Waals surface area contributed by atoms with E-state index in [4.69, 9.17) is 0 Å². The number of carbonyl (C=O) groups excluding carboxylic acids is 1. The molecule has 0 aromatic heterocycles. The number of likely N-dealkylation sites (tertiary alicyclic amines) is 1. The Morgan fingerprint density at radius 1 is 1.00 bits per heavy atom. The average Bonchev–Trinajstić information content (AvgIpc) is 2.67. The highest BCUT2D eigenvalue weighted by molar-refractivity contribution is 5.85. The first kappa shape index (κ1) is 17.0. The van der Waals surface area contributed by atoms with Crippen molar-refractivity contribution >= 4 is 30.7 Å². The molecular weight excluding hydrogens is 261 g/mol. The minimum absolute atomic E-state index is 0. The summed E-state index contributed by atoms with van der Waals surface area (Å²) in [6, 6.07) is 0. The molecule has 2 heterocycles. The fourth-order valence-electron chi connectivity index (χ4n) is 2.32. The molecule has 0 aromatic carbocycles. The van der Waals surface area contributed by atoms with Crippen LogP contribution < -0.4 is 5.32 Å². The van der Waals surface area contributed by atoms with Gasteiger partial charge in [-0.2, -0.15) is 0 Å². The Balaban J connectivity index is 0.00000128. The third-order valence-corrected chi connectivity index (χ3v) is 3.31. The number of amides is 1. The maximum atomic E-state index is 11.7. The van der Waals surface area contributed by atoms with Gasteiger partial charge >= 0.3 is 0 Å². The molecule has 102 valence electrons. The zero-order chi connectivity index (χ0) is 10.5. The molecule has 1 amide bonds. The van der Waals surface area contributed by atoms with Gasteiger partial charge in [0.25, 0.3) is 0 Å². The smallest absolute Gasteiger partial charge is 0.223 e. The third kappa shape index (κ3) is 5.42. The molecule has 2 aliphatic rings. The van der Waals surface area contributed by atoms with Crippen LogP contribution >= 0.6 is 24.8 Å². The molecule has 4 nitrogen and oxygen atoms in total. The van der Waals surface area contributed by atoms with E-state index >= 15 is 0 Å². The molecule has 2 saturated heterocycles. The summed E-state index contributed by atoms with van der Waals surface area (Å²) in [7, 11) is 0. The number of carbonyl (C=O) groups is 1. The molecule has 6 heteroatoms. The minimum atomic E-state index is 0. The summed E-state index contributed by atoms with van der Waals surface area (Å²) < 4.78 is 0. The summed E-state index contributed by atoms with van der Waals surface area (Å²) in [5.74, 6) is 0.319. The van der Waals surface area contributed by atoms with Crippen molar-refractivity contribution < 1.29 is 4.79 Å². The molecule has 0 atom stereocenters. The topological polar surface area (TPSA) is 35.6 Å². The van der Waals surface area contributed by atoms with Crippen LogP contribution in [-0.2, 0) is 4.79 Å². The van der Waals surface area contributed by atoms with Crippen LogP contribution in [0.5, 0.6) is 0 Å². The maximum Gasteiger partial charge on any atom is 0.223 e. The van der Waals surface area contributed by atoms with Crippen molar-refractivity contribution in [2.75, 3.05) is 45.8 Å². The summed E-state index contributed by atoms with van der Waals surface area (Å²) in [4.78, 5) is 16.2. The van der Waals surface area contributed by atoms with Crippen LogP contribution in [0.25, 0.3) is 0 Å². The lowest BCUT2D eigenvalue weighted by Crippen LogP contribution is -2.38. The van der Waals surface area contributed by atoms with E-state index in [-0.39, 0.29) is 24.8 Å². The summed E-state index contributed by atoms with van der Waals surface area (Å²) in [5, 5.41) is 3.26. The van der Waals surface area contributed by atoms with Crippen LogP contribution in [0, 0.1) is 0 Å². The average molecular weight is 284 g/mol. The predicted octanol–water partition coefficient (Wildman–Crippen LogP) is 0.748. The summed E-state index contributed by atoms with van der Waals surface area (Å²) in [5.41, 5.74) is 0. The molecule has 0 saturated carbocycles. The van der Waals surface area contributed by atoms with Gasteiger partial charge < -0.3 is 15.1 Å². The predicted molar refractivity (Wildman–Crippen MR) is 74.2 cm³/mol. The van der Waals surface area contributed by atoms with Crippen molar-refractivity contribution in [1.82, 2.24) is 15.1 Å². The molecule has 0 unspecified atom stereocenters. The van der Waals surface area contributed by atoms with Crippen molar-refractivity contribution in [1.29, 1.82) is 0 Å². The Kier molecular flexibility index (Phi) is 8.96. The first-order valence-electron chi connectivity index (χ1n) is 6.07. The van der Waals surface area contributed by atoms with Crippen molar-refractivity contribution in [3.63, 3.8) is 0 Å². The Bertz CT molecular complexity index is 223. The molecule has 2 aliphatic heterocycles. The highest BCUT2D eigenvalue weighted by atomic mass is 35.5. The molecule has 0 aromatic rings. The van der Waals surface area contributed by atoms with E-state index in [1.165, 1.54) is 25.9 Å². The van der Waals surface area contributed by atoms with Gasteiger partial charge in [-0.05, 0) is 25.9 Å². The molecule has 17 heavy (non-hydrogen) atoms. The van der Waals surface area contributed by atoms with E-state index in [2.05, 4.69) is 10.2 Å². The van der Waals surface area contributed by atoms with Gasteiger partial charge in [-0.15, -0.1) is 24.8 Å². The standard InChI is InChI=1S/C11H21N3O.2ClH/c15-11-3-4-12-5-8-14(11)10-9-13-6-1-2-7-13;;/h12H,1-10H2;2*1H. The van der Waals surface area contributed by atoms with E-state index in [0.29, 0.717) is 12.3 Å². The molecule has 1 N–H and O–H groups in total. The van der Waals surface area contributed by atoms with Crippen molar-refractivity contribution in [3.8, 4) is 0 Å². The minimum Gasteiger partial charge on any atom is -0.340 e. The Morgan fingerprint density at radius 2 is 1.71 bits per heavy atom. The van der Waals surface area contributed by atoms with Crippen LogP contribution in [-0.4, -0.2) is 61.5 Å². The van der Waals surface area contributed by atoms with E-state index < -0.39 is 0 Å². The fraction of sp³-hybridized carbons (Fsp3) is 0.909. The van der Waals surface area contributed by atoms with Gasteiger partial charge in [0.15, 0.2) is 0 Å². The van der Waals surface area contributed by atoms with E-state index in [1.807, 2.05) is 4.90 Å². The quantitative estimate of drug-likeness (QED) is 0.830. The zero-order valence-electron chi connectivity index (χ0n) is 10.2. The molecule has 2 fully saturated rings. The van der Waals surface area contributed by atoms with Crippen molar-refractivity contribution in [2.24, 2.45) is 0 Å². The second-order valence-electron chi connectivity index (χ2n) is 4.43. The number of rotatable bonds is 3. The first-order chi connectivity index (χ1) is 7.36. The van der Waals surface area contributed by atoms with E-state index in [0.717, 1.165) is 32.7 Å². The van der Waals surface area contributed by atoms with Gasteiger partial charge in [0.1, 0.15) is 0 Å². The Hall–Kier alpha value is -0.0300. The largest absolute Gasteiger partial charge is 0.340 e. The highest BCUT2D eigenvalue weighted by Gasteiger charge is 2.18. The number of nitrogens with zero attached hydrogens (tertiary/aromatic N) is 2. The number of halogens is 2. The van der Waals surface area contributed by atoms with Gasteiger partial charge in [0, 0.05) is 39.1 Å². The molecule has 0 radical (unpaired) electrons. The monoisotopic (exact) mass is 283 g/mol. The van der Waals surface area contributed by atoms with Crippen LogP contribution in [0.1, 0.15) is 19.3 Å². The Labute approximate surface area is 116 Å². The van der Waals surface area contributed by atoms with Gasteiger partial charge in [0.2, 0.25) is 5.91 Å². The lowest BCUT2D eigenvalue weighted by atomic mass is 10.3. The van der Waals surface area contributed by atoms with Gasteiger partial charge in [-0.25, -0.2) is 0 Å². The first-order valence-corrected chi connectivity index (χ1v) is 6.07. The third-order valence-electron chi connectivity index (χ3n) is 3.31. The van der Waals surface area contributed by atoms with E-state index in [9.17, 15) is 4.79 Å². The molecule has 2 rings (SSSR count). The number of hydrogen-bond donors (Lipinski definition) is 1. The summed E-state index contributed by atoms with van der Waals surface area (Å²) in [6.07, 6.45) is 3.32. The number of nitrogens with one attached hydrogen (secondary N) is 1. The SMILES string of the molecule is Cl.Cl.O=C1CCNCCN1CCN1CCCC1. The molecule has 0 bridgehead atoms. The maximum absolute atomic E-state index is 11.7. The van der Waals surface area contributed by atoms with Crippen LogP contribution in [0.4, 0.5) is 0 Å². The second-order valence-corrected chi connectivity index (χ2v) is 4.43. The summed E-state index contributed by atoms with van der Waals surface area (Å²) >= 11 is 0. The molecule has 0 aliphatic carbocycles. The number of hydrogen-bond acceptors (Lipinski definition) is 3. The lowest BCUT2D eigenvalue weighted by Gasteiger charge is -2.23.